The molecule has 0 saturated carbocycles. The first-order valence-corrected chi connectivity index (χ1v) is 12.5. The van der Waals surface area contributed by atoms with E-state index in [0.29, 0.717) is 18.8 Å². The molecule has 2 aliphatic heterocycles. The molecule has 2 aromatic carbocycles. The molecule has 3 heterocycles. The van der Waals surface area contributed by atoms with Crippen molar-refractivity contribution in [3.8, 4) is 0 Å². The molecule has 2 amide bonds. The van der Waals surface area contributed by atoms with Crippen molar-refractivity contribution in [3.63, 3.8) is 0 Å². The van der Waals surface area contributed by atoms with E-state index in [1.165, 1.54) is 5.56 Å². The largest absolute Gasteiger partial charge is 0.372 e. The standard InChI is InChI=1S/C26H29N3O3S/c1-18-13-28(14-19(2)32-18)25(30)16-27-15-24(21-8-4-6-10-23(21)27)33-17-26(31)29-12-11-20-7-3-5-9-22(20)29/h3-10,15,18-19H,11-14,16-17H2,1-2H3/t18-,19-/m0/s1. The average Bonchev–Trinajstić information content (AvgIpc) is 3.39. The number of rotatable bonds is 5. The van der Waals surface area contributed by atoms with Crippen molar-refractivity contribution < 1.29 is 14.3 Å². The lowest BCUT2D eigenvalue weighted by Crippen LogP contribution is -2.49. The molecule has 172 valence electrons. The van der Waals surface area contributed by atoms with Gasteiger partial charge in [-0.05, 0) is 38.0 Å². The van der Waals surface area contributed by atoms with Crippen molar-refractivity contribution in [2.45, 2.75) is 43.9 Å². The molecule has 0 bridgehead atoms. The van der Waals surface area contributed by atoms with E-state index < -0.39 is 0 Å². The minimum Gasteiger partial charge on any atom is -0.372 e. The number of carbonyl (C=O) groups excluding carboxylic acids is 2. The van der Waals surface area contributed by atoms with Crippen molar-refractivity contribution in [2.24, 2.45) is 0 Å². The van der Waals surface area contributed by atoms with Gasteiger partial charge in [0, 0.05) is 47.3 Å². The third-order valence-electron chi connectivity index (χ3n) is 6.37. The molecule has 5 rings (SSSR count). The van der Waals surface area contributed by atoms with Crippen LogP contribution in [0.4, 0.5) is 5.69 Å². The van der Waals surface area contributed by atoms with Crippen LogP contribution in [0.25, 0.3) is 10.9 Å². The van der Waals surface area contributed by atoms with Gasteiger partial charge in [0.25, 0.3) is 0 Å². The number of morpholine rings is 1. The number of hydrogen-bond donors (Lipinski definition) is 0. The zero-order valence-electron chi connectivity index (χ0n) is 19.1. The molecule has 6 nitrogen and oxygen atoms in total. The fourth-order valence-corrected chi connectivity index (χ4v) is 5.87. The summed E-state index contributed by atoms with van der Waals surface area (Å²) in [6.07, 6.45) is 3.03. The van der Waals surface area contributed by atoms with Gasteiger partial charge in [-0.15, -0.1) is 11.8 Å². The summed E-state index contributed by atoms with van der Waals surface area (Å²) in [5, 5.41) is 1.08. The van der Waals surface area contributed by atoms with Gasteiger partial charge in [0.05, 0.1) is 18.0 Å². The molecule has 1 saturated heterocycles. The molecule has 7 heteroatoms. The molecule has 0 N–H and O–H groups in total. The summed E-state index contributed by atoms with van der Waals surface area (Å²) < 4.78 is 7.78. The molecule has 2 aliphatic rings. The van der Waals surface area contributed by atoms with E-state index in [9.17, 15) is 9.59 Å². The SMILES string of the molecule is C[C@H]1CN(C(=O)Cn2cc(SCC(=O)N3CCc4ccccc43)c3ccccc32)C[C@H](C)O1. The minimum atomic E-state index is 0.0481. The highest BCUT2D eigenvalue weighted by Gasteiger charge is 2.27. The normalized spacial score (nSPS) is 20.3. The Bertz CT molecular complexity index is 1180. The van der Waals surface area contributed by atoms with Crippen LogP contribution in [0, 0.1) is 0 Å². The number of thioether (sulfide) groups is 1. The van der Waals surface area contributed by atoms with Crippen LogP contribution in [-0.4, -0.2) is 58.9 Å². The lowest BCUT2D eigenvalue weighted by molar-refractivity contribution is -0.143. The van der Waals surface area contributed by atoms with Crippen LogP contribution in [0.15, 0.2) is 59.6 Å². The number of benzene rings is 2. The summed E-state index contributed by atoms with van der Waals surface area (Å²) in [4.78, 5) is 30.9. The Morgan fingerprint density at radius 1 is 1.00 bits per heavy atom. The van der Waals surface area contributed by atoms with Crippen LogP contribution >= 0.6 is 11.8 Å². The van der Waals surface area contributed by atoms with Crippen LogP contribution < -0.4 is 4.90 Å². The first kappa shape index (κ1) is 22.0. The van der Waals surface area contributed by atoms with Crippen molar-refractivity contribution in [1.82, 2.24) is 9.47 Å². The van der Waals surface area contributed by atoms with Gasteiger partial charge in [-0.25, -0.2) is 0 Å². The van der Waals surface area contributed by atoms with Gasteiger partial charge in [0.2, 0.25) is 11.8 Å². The van der Waals surface area contributed by atoms with Gasteiger partial charge < -0.3 is 19.1 Å². The first-order valence-electron chi connectivity index (χ1n) is 11.5. The predicted molar refractivity (Wildman–Crippen MR) is 132 cm³/mol. The molecule has 2 atom stereocenters. The van der Waals surface area contributed by atoms with Crippen LogP contribution in [-0.2, 0) is 27.3 Å². The number of hydrogen-bond acceptors (Lipinski definition) is 4. The monoisotopic (exact) mass is 463 g/mol. The molecule has 1 aromatic heterocycles. The first-order chi connectivity index (χ1) is 16.0. The Hall–Kier alpha value is -2.77. The van der Waals surface area contributed by atoms with Gasteiger partial charge >= 0.3 is 0 Å². The van der Waals surface area contributed by atoms with E-state index >= 15 is 0 Å². The van der Waals surface area contributed by atoms with Crippen molar-refractivity contribution in [1.29, 1.82) is 0 Å². The van der Waals surface area contributed by atoms with E-state index in [-0.39, 0.29) is 30.6 Å². The number of anilines is 1. The highest BCUT2D eigenvalue weighted by Crippen LogP contribution is 2.32. The third-order valence-corrected chi connectivity index (χ3v) is 7.40. The summed E-state index contributed by atoms with van der Waals surface area (Å²) in [5.41, 5.74) is 3.28. The summed E-state index contributed by atoms with van der Waals surface area (Å²) in [6.45, 7) is 6.28. The van der Waals surface area contributed by atoms with Crippen LogP contribution in [0.3, 0.4) is 0 Å². The van der Waals surface area contributed by atoms with E-state index in [4.69, 9.17) is 4.74 Å². The lowest BCUT2D eigenvalue weighted by Gasteiger charge is -2.35. The predicted octanol–water partition coefficient (Wildman–Crippen LogP) is 3.96. The number of ether oxygens (including phenoxy) is 1. The molecular formula is C26H29N3O3S. The highest BCUT2D eigenvalue weighted by atomic mass is 32.2. The maximum atomic E-state index is 13.1. The Morgan fingerprint density at radius 2 is 1.73 bits per heavy atom. The molecular weight excluding hydrogens is 434 g/mol. The fourth-order valence-electron chi connectivity index (χ4n) is 4.90. The van der Waals surface area contributed by atoms with E-state index in [2.05, 4.69) is 12.1 Å². The Balaban J connectivity index is 1.31. The number of carbonyl (C=O) groups is 2. The summed E-state index contributed by atoms with van der Waals surface area (Å²) in [5.74, 6) is 0.586. The Labute approximate surface area is 198 Å². The van der Waals surface area contributed by atoms with Gasteiger partial charge in [-0.2, -0.15) is 0 Å². The maximum absolute atomic E-state index is 13.1. The average molecular weight is 464 g/mol. The van der Waals surface area contributed by atoms with Crippen molar-refractivity contribution in [2.75, 3.05) is 30.3 Å². The summed E-state index contributed by atoms with van der Waals surface area (Å²) in [7, 11) is 0. The van der Waals surface area contributed by atoms with E-state index in [1.807, 2.05) is 70.8 Å². The van der Waals surface area contributed by atoms with Gasteiger partial charge in [0.1, 0.15) is 6.54 Å². The number of amides is 2. The Morgan fingerprint density at radius 3 is 2.55 bits per heavy atom. The topological polar surface area (TPSA) is 54.8 Å². The second-order valence-electron chi connectivity index (χ2n) is 8.91. The molecule has 0 unspecified atom stereocenters. The van der Waals surface area contributed by atoms with Crippen LogP contribution in [0.1, 0.15) is 19.4 Å². The number of nitrogens with zero attached hydrogens (tertiary/aromatic N) is 3. The summed E-state index contributed by atoms with van der Waals surface area (Å²) >= 11 is 1.55. The summed E-state index contributed by atoms with van der Waals surface area (Å²) in [6, 6.07) is 16.2. The second kappa shape index (κ2) is 9.23. The number of aromatic nitrogens is 1. The fraction of sp³-hybridized carbons (Fsp3) is 0.385. The zero-order chi connectivity index (χ0) is 22.9. The quantitative estimate of drug-likeness (QED) is 0.538. The zero-order valence-corrected chi connectivity index (χ0v) is 19.9. The Kier molecular flexibility index (Phi) is 6.17. The van der Waals surface area contributed by atoms with Gasteiger partial charge in [-0.3, -0.25) is 9.59 Å². The lowest BCUT2D eigenvalue weighted by atomic mass is 10.2. The molecule has 3 aromatic rings. The number of para-hydroxylation sites is 2. The van der Waals surface area contributed by atoms with E-state index in [0.717, 1.165) is 34.5 Å². The maximum Gasteiger partial charge on any atom is 0.242 e. The highest BCUT2D eigenvalue weighted by molar-refractivity contribution is 8.00. The second-order valence-corrected chi connectivity index (χ2v) is 9.92. The number of fused-ring (bicyclic) bond motifs is 2. The smallest absolute Gasteiger partial charge is 0.242 e. The van der Waals surface area contributed by atoms with E-state index in [1.54, 1.807) is 11.8 Å². The van der Waals surface area contributed by atoms with Gasteiger partial charge in [0.15, 0.2) is 0 Å². The third kappa shape index (κ3) is 4.52. The van der Waals surface area contributed by atoms with Crippen molar-refractivity contribution >= 4 is 40.2 Å². The van der Waals surface area contributed by atoms with Crippen LogP contribution in [0.2, 0.25) is 0 Å². The molecule has 0 aliphatic carbocycles. The molecule has 33 heavy (non-hydrogen) atoms. The van der Waals surface area contributed by atoms with Crippen LogP contribution in [0.5, 0.6) is 0 Å². The molecule has 0 spiro atoms. The molecule has 1 fully saturated rings. The molecule has 0 radical (unpaired) electrons. The van der Waals surface area contributed by atoms with Gasteiger partial charge in [-0.1, -0.05) is 36.4 Å². The van der Waals surface area contributed by atoms with Crippen molar-refractivity contribution in [3.05, 3.63) is 60.3 Å². The minimum absolute atomic E-state index is 0.0481.